The van der Waals surface area contributed by atoms with Crippen LogP contribution >= 0.6 is 15.9 Å². The minimum absolute atomic E-state index is 0.260. The predicted octanol–water partition coefficient (Wildman–Crippen LogP) is 1.97. The number of carbonyl (C=O) groups is 2. The van der Waals surface area contributed by atoms with E-state index in [2.05, 4.69) is 21.2 Å². The highest BCUT2D eigenvalue weighted by Crippen LogP contribution is 2.21. The number of carbonyl (C=O) groups excluding carboxylic acids is 2. The van der Waals surface area contributed by atoms with Gasteiger partial charge in [-0.2, -0.15) is 0 Å². The first-order chi connectivity index (χ1) is 7.95. The second kappa shape index (κ2) is 5.82. The van der Waals surface area contributed by atoms with Crippen molar-refractivity contribution in [2.75, 3.05) is 13.7 Å². The molecule has 1 amide bonds. The van der Waals surface area contributed by atoms with Gasteiger partial charge in [-0.05, 0) is 37.1 Å². The maximum absolute atomic E-state index is 11.7. The zero-order chi connectivity index (χ0) is 13.0. The summed E-state index contributed by atoms with van der Waals surface area (Å²) in [7, 11) is 1.49. The minimum Gasteiger partial charge on any atom is -0.452 e. The molecule has 1 aromatic rings. The van der Waals surface area contributed by atoms with Crippen LogP contribution in [0.15, 0.2) is 16.6 Å². The molecule has 1 rings (SSSR count). The Bertz CT molecular complexity index is 457. The molecule has 0 fully saturated rings. The van der Waals surface area contributed by atoms with Crippen LogP contribution in [0.1, 0.15) is 21.5 Å². The number of hydrogen-bond acceptors (Lipinski definition) is 3. The number of amides is 1. The molecule has 5 heteroatoms. The Kier molecular flexibility index (Phi) is 4.69. The van der Waals surface area contributed by atoms with Crippen LogP contribution in [0, 0.1) is 13.8 Å². The number of benzene rings is 1. The number of ether oxygens (including phenoxy) is 1. The summed E-state index contributed by atoms with van der Waals surface area (Å²) in [6.07, 6.45) is 0. The van der Waals surface area contributed by atoms with Crippen LogP contribution in [0.25, 0.3) is 0 Å². The second-order valence-corrected chi connectivity index (χ2v) is 4.52. The van der Waals surface area contributed by atoms with Crippen molar-refractivity contribution >= 4 is 27.8 Å². The molecule has 0 saturated carbocycles. The first-order valence-corrected chi connectivity index (χ1v) is 5.89. The minimum atomic E-state index is -0.485. The number of rotatable bonds is 3. The molecule has 0 spiro atoms. The van der Waals surface area contributed by atoms with E-state index in [1.165, 1.54) is 7.05 Å². The number of aryl methyl sites for hydroxylation is 2. The normalized spacial score (nSPS) is 9.88. The first kappa shape index (κ1) is 13.7. The summed E-state index contributed by atoms with van der Waals surface area (Å²) in [5, 5.41) is 2.38. The highest BCUT2D eigenvalue weighted by atomic mass is 79.9. The lowest BCUT2D eigenvalue weighted by Crippen LogP contribution is -2.25. The smallest absolute Gasteiger partial charge is 0.338 e. The van der Waals surface area contributed by atoms with Gasteiger partial charge in [0.1, 0.15) is 0 Å². The molecule has 0 bridgehead atoms. The van der Waals surface area contributed by atoms with Crippen molar-refractivity contribution in [3.63, 3.8) is 0 Å². The third-order valence-electron chi connectivity index (χ3n) is 2.34. The summed E-state index contributed by atoms with van der Waals surface area (Å²) in [4.78, 5) is 22.7. The largest absolute Gasteiger partial charge is 0.452 e. The molecule has 0 radical (unpaired) electrons. The van der Waals surface area contributed by atoms with Crippen LogP contribution < -0.4 is 5.32 Å². The van der Waals surface area contributed by atoms with E-state index in [0.717, 1.165) is 15.6 Å². The number of likely N-dealkylation sites (N-methyl/N-ethyl adjacent to an activating group) is 1. The van der Waals surface area contributed by atoms with Crippen molar-refractivity contribution in [3.8, 4) is 0 Å². The van der Waals surface area contributed by atoms with Crippen molar-refractivity contribution in [1.82, 2.24) is 5.32 Å². The van der Waals surface area contributed by atoms with E-state index < -0.39 is 5.97 Å². The highest BCUT2D eigenvalue weighted by Gasteiger charge is 2.13. The molecule has 0 aliphatic heterocycles. The fourth-order valence-electron chi connectivity index (χ4n) is 1.28. The molecule has 0 aliphatic carbocycles. The van der Waals surface area contributed by atoms with Crippen molar-refractivity contribution in [2.45, 2.75) is 13.8 Å². The van der Waals surface area contributed by atoms with E-state index in [4.69, 9.17) is 4.74 Å². The summed E-state index contributed by atoms with van der Waals surface area (Å²) in [5.41, 5.74) is 2.24. The average Bonchev–Trinajstić information content (AvgIpc) is 2.30. The summed E-state index contributed by atoms with van der Waals surface area (Å²) in [6.45, 7) is 3.45. The van der Waals surface area contributed by atoms with E-state index in [9.17, 15) is 9.59 Å². The van der Waals surface area contributed by atoms with Gasteiger partial charge in [-0.1, -0.05) is 15.9 Å². The molecule has 0 aromatic heterocycles. The van der Waals surface area contributed by atoms with E-state index in [1.54, 1.807) is 6.07 Å². The van der Waals surface area contributed by atoms with Gasteiger partial charge in [0.15, 0.2) is 6.61 Å². The first-order valence-electron chi connectivity index (χ1n) is 5.10. The monoisotopic (exact) mass is 299 g/mol. The van der Waals surface area contributed by atoms with Crippen LogP contribution in [0.3, 0.4) is 0 Å². The third-order valence-corrected chi connectivity index (χ3v) is 3.19. The average molecular weight is 300 g/mol. The van der Waals surface area contributed by atoms with Gasteiger partial charge in [0.05, 0.1) is 5.56 Å². The van der Waals surface area contributed by atoms with Crippen LogP contribution in [0.5, 0.6) is 0 Å². The van der Waals surface area contributed by atoms with Gasteiger partial charge < -0.3 is 10.1 Å². The Morgan fingerprint density at radius 1 is 1.29 bits per heavy atom. The molecule has 0 aliphatic rings. The highest BCUT2D eigenvalue weighted by molar-refractivity contribution is 9.10. The Morgan fingerprint density at radius 2 is 1.94 bits per heavy atom. The SMILES string of the molecule is CNC(=O)COC(=O)c1cc(C)c(Br)cc1C. The van der Waals surface area contributed by atoms with Crippen LogP contribution in [-0.4, -0.2) is 25.5 Å². The molecule has 0 unspecified atom stereocenters. The quantitative estimate of drug-likeness (QED) is 0.868. The van der Waals surface area contributed by atoms with Gasteiger partial charge >= 0.3 is 5.97 Å². The standard InChI is InChI=1S/C12H14BrNO3/c1-7-5-10(13)8(2)4-9(7)12(16)17-6-11(15)14-3/h4-5H,6H2,1-3H3,(H,14,15). The van der Waals surface area contributed by atoms with Gasteiger partial charge in [-0.25, -0.2) is 4.79 Å². The van der Waals surface area contributed by atoms with Crippen LogP contribution in [0.2, 0.25) is 0 Å². The van der Waals surface area contributed by atoms with Crippen molar-refractivity contribution < 1.29 is 14.3 Å². The maximum Gasteiger partial charge on any atom is 0.338 e. The summed E-state index contributed by atoms with van der Waals surface area (Å²) < 4.78 is 5.83. The van der Waals surface area contributed by atoms with Crippen LogP contribution in [-0.2, 0) is 9.53 Å². The zero-order valence-corrected chi connectivity index (χ0v) is 11.6. The molecular weight excluding hydrogens is 286 g/mol. The number of esters is 1. The lowest BCUT2D eigenvalue weighted by Gasteiger charge is -2.08. The molecule has 0 atom stereocenters. The van der Waals surface area contributed by atoms with E-state index in [1.807, 2.05) is 19.9 Å². The Hall–Kier alpha value is -1.36. The second-order valence-electron chi connectivity index (χ2n) is 3.67. The van der Waals surface area contributed by atoms with Gasteiger partial charge in [0.2, 0.25) is 0 Å². The zero-order valence-electron chi connectivity index (χ0n) is 9.96. The van der Waals surface area contributed by atoms with Crippen molar-refractivity contribution in [3.05, 3.63) is 33.3 Å². The van der Waals surface area contributed by atoms with E-state index in [-0.39, 0.29) is 12.5 Å². The molecule has 4 nitrogen and oxygen atoms in total. The summed E-state index contributed by atoms with van der Waals surface area (Å²) in [6, 6.07) is 3.59. The molecule has 0 heterocycles. The molecule has 0 saturated heterocycles. The number of nitrogens with one attached hydrogen (secondary N) is 1. The fraction of sp³-hybridized carbons (Fsp3) is 0.333. The van der Waals surface area contributed by atoms with Gasteiger partial charge in [0.25, 0.3) is 5.91 Å². The molecule has 17 heavy (non-hydrogen) atoms. The number of halogens is 1. The summed E-state index contributed by atoms with van der Waals surface area (Å²) in [5.74, 6) is -0.813. The fourth-order valence-corrected chi connectivity index (χ4v) is 1.74. The van der Waals surface area contributed by atoms with Crippen molar-refractivity contribution in [1.29, 1.82) is 0 Å². The Balaban J connectivity index is 2.82. The van der Waals surface area contributed by atoms with Crippen molar-refractivity contribution in [2.24, 2.45) is 0 Å². The molecule has 92 valence electrons. The van der Waals surface area contributed by atoms with Crippen LogP contribution in [0.4, 0.5) is 0 Å². The Morgan fingerprint density at radius 3 is 2.53 bits per heavy atom. The lowest BCUT2D eigenvalue weighted by atomic mass is 10.1. The van der Waals surface area contributed by atoms with E-state index >= 15 is 0 Å². The molecular formula is C12H14BrNO3. The number of hydrogen-bond donors (Lipinski definition) is 1. The van der Waals surface area contributed by atoms with Gasteiger partial charge in [0, 0.05) is 11.5 Å². The van der Waals surface area contributed by atoms with E-state index in [0.29, 0.717) is 5.56 Å². The maximum atomic E-state index is 11.7. The predicted molar refractivity (Wildman–Crippen MR) is 68.0 cm³/mol. The topological polar surface area (TPSA) is 55.4 Å². The Labute approximate surface area is 108 Å². The molecule has 1 aromatic carbocycles. The third kappa shape index (κ3) is 3.56. The molecule has 1 N–H and O–H groups in total. The lowest BCUT2D eigenvalue weighted by molar-refractivity contribution is -0.123. The van der Waals surface area contributed by atoms with Gasteiger partial charge in [-0.15, -0.1) is 0 Å². The summed E-state index contributed by atoms with van der Waals surface area (Å²) >= 11 is 3.39. The van der Waals surface area contributed by atoms with Gasteiger partial charge in [-0.3, -0.25) is 4.79 Å².